The van der Waals surface area contributed by atoms with E-state index in [-0.39, 0.29) is 11.3 Å². The zero-order valence-electron chi connectivity index (χ0n) is 10.2. The van der Waals surface area contributed by atoms with Gasteiger partial charge in [0.15, 0.2) is 5.34 Å². The van der Waals surface area contributed by atoms with E-state index in [2.05, 4.69) is 0 Å². The Kier molecular flexibility index (Phi) is 4.24. The number of nitrogens with zero attached hydrogens (tertiary/aromatic N) is 1. The summed E-state index contributed by atoms with van der Waals surface area (Å²) in [6.45, 7) is 1.22. The Morgan fingerprint density at radius 3 is 2.39 bits per heavy atom. The largest absolute Gasteiger partial charge is 0.373 e. The Labute approximate surface area is 104 Å². The van der Waals surface area contributed by atoms with Gasteiger partial charge in [0.1, 0.15) is 0 Å². The quantitative estimate of drug-likeness (QED) is 0.502. The molecule has 1 rings (SSSR count). The summed E-state index contributed by atoms with van der Waals surface area (Å²) in [5, 5.41) is 19.0. The Balaban J connectivity index is 3.32. The van der Waals surface area contributed by atoms with Crippen molar-refractivity contribution < 1.29 is 23.6 Å². The average molecular weight is 275 g/mol. The van der Waals surface area contributed by atoms with E-state index in [1.807, 2.05) is 0 Å². The third-order valence-corrected chi connectivity index (χ3v) is 4.90. The van der Waals surface area contributed by atoms with Crippen LogP contribution in [0.2, 0.25) is 0 Å². The van der Waals surface area contributed by atoms with E-state index in [1.165, 1.54) is 25.1 Å². The summed E-state index contributed by atoms with van der Waals surface area (Å²) >= 11 is 0. The molecule has 1 atom stereocenters. The summed E-state index contributed by atoms with van der Waals surface area (Å²) in [6, 6.07) is 5.20. The zero-order chi connectivity index (χ0) is 14.0. The fourth-order valence-electron chi connectivity index (χ4n) is 1.50. The molecule has 0 radical (unpaired) electrons. The number of nitro benzene ring substituents is 1. The summed E-state index contributed by atoms with van der Waals surface area (Å²) in [6.07, 6.45) is 0. The number of non-ortho nitro benzene ring substituents is 1. The molecule has 1 aromatic carbocycles. The second kappa shape index (κ2) is 5.16. The van der Waals surface area contributed by atoms with Crippen molar-refractivity contribution in [2.75, 3.05) is 14.2 Å². The van der Waals surface area contributed by atoms with Crippen molar-refractivity contribution in [2.24, 2.45) is 0 Å². The van der Waals surface area contributed by atoms with E-state index in [0.717, 1.165) is 20.3 Å². The predicted octanol–water partition coefficient (Wildman–Crippen LogP) is 2.25. The topological polar surface area (TPSA) is 98.9 Å². The summed E-state index contributed by atoms with van der Waals surface area (Å²) in [4.78, 5) is 10.1. The van der Waals surface area contributed by atoms with Gasteiger partial charge in [-0.2, -0.15) is 0 Å². The van der Waals surface area contributed by atoms with Crippen LogP contribution in [-0.2, 0) is 19.0 Å². The lowest BCUT2D eigenvalue weighted by molar-refractivity contribution is -0.385. The van der Waals surface area contributed by atoms with Gasteiger partial charge < -0.3 is 14.2 Å². The average Bonchev–Trinajstić information content (AvgIpc) is 2.37. The van der Waals surface area contributed by atoms with Gasteiger partial charge in [0, 0.05) is 31.9 Å². The Bertz CT molecular complexity index is 493. The molecule has 0 saturated heterocycles. The molecule has 0 heterocycles. The third-order valence-electron chi connectivity index (χ3n) is 2.62. The minimum Gasteiger partial charge on any atom is -0.373 e. The summed E-state index contributed by atoms with van der Waals surface area (Å²) in [7, 11) is -1.55. The Morgan fingerprint density at radius 2 is 1.94 bits per heavy atom. The SMILES string of the molecule is COP(=O)(OC)C(C)(O)c1cccc([N+](=O)[O-])c1. The van der Waals surface area contributed by atoms with E-state index in [4.69, 9.17) is 9.05 Å². The molecular formula is C10H14NO6P. The molecule has 0 bridgehead atoms. The van der Waals surface area contributed by atoms with Crippen LogP contribution >= 0.6 is 7.60 Å². The van der Waals surface area contributed by atoms with Gasteiger partial charge in [-0.3, -0.25) is 14.7 Å². The van der Waals surface area contributed by atoms with Gasteiger partial charge in [0.05, 0.1) is 4.92 Å². The molecule has 18 heavy (non-hydrogen) atoms. The molecule has 7 nitrogen and oxygen atoms in total. The van der Waals surface area contributed by atoms with Crippen LogP contribution in [0.1, 0.15) is 12.5 Å². The number of benzene rings is 1. The summed E-state index contributed by atoms with van der Waals surface area (Å²) < 4.78 is 21.6. The van der Waals surface area contributed by atoms with E-state index >= 15 is 0 Å². The van der Waals surface area contributed by atoms with Crippen LogP contribution in [0.15, 0.2) is 24.3 Å². The van der Waals surface area contributed by atoms with Crippen molar-refractivity contribution in [3.05, 3.63) is 39.9 Å². The number of hydrogen-bond donors (Lipinski definition) is 1. The summed E-state index contributed by atoms with van der Waals surface area (Å²) in [5.74, 6) is 0. The lowest BCUT2D eigenvalue weighted by Gasteiger charge is -2.29. The van der Waals surface area contributed by atoms with Gasteiger partial charge in [-0.05, 0) is 6.92 Å². The van der Waals surface area contributed by atoms with Crippen LogP contribution in [0.3, 0.4) is 0 Å². The van der Waals surface area contributed by atoms with E-state index < -0.39 is 17.9 Å². The lowest BCUT2D eigenvalue weighted by Crippen LogP contribution is -2.23. The van der Waals surface area contributed by atoms with Gasteiger partial charge in [0.2, 0.25) is 0 Å². The number of rotatable bonds is 5. The first kappa shape index (κ1) is 14.8. The minimum atomic E-state index is -3.82. The van der Waals surface area contributed by atoms with Crippen molar-refractivity contribution in [1.29, 1.82) is 0 Å². The second-order valence-electron chi connectivity index (χ2n) is 3.69. The van der Waals surface area contributed by atoms with E-state index in [9.17, 15) is 19.8 Å². The third kappa shape index (κ3) is 2.44. The van der Waals surface area contributed by atoms with Crippen molar-refractivity contribution in [3.63, 3.8) is 0 Å². The molecule has 0 aliphatic heterocycles. The summed E-state index contributed by atoms with van der Waals surface area (Å²) in [5.41, 5.74) is -0.129. The van der Waals surface area contributed by atoms with Gasteiger partial charge in [-0.25, -0.2) is 0 Å². The molecule has 0 aromatic heterocycles. The highest BCUT2D eigenvalue weighted by atomic mass is 31.2. The number of hydrogen-bond acceptors (Lipinski definition) is 6. The van der Waals surface area contributed by atoms with E-state index in [0.29, 0.717) is 0 Å². The van der Waals surface area contributed by atoms with Gasteiger partial charge in [0.25, 0.3) is 5.69 Å². The minimum absolute atomic E-state index is 0.0868. The Hall–Kier alpha value is -1.27. The van der Waals surface area contributed by atoms with Crippen LogP contribution in [-0.4, -0.2) is 24.2 Å². The van der Waals surface area contributed by atoms with Crippen LogP contribution in [0.4, 0.5) is 5.69 Å². The molecule has 0 spiro atoms. The first-order chi connectivity index (χ1) is 8.28. The molecule has 0 aliphatic rings. The van der Waals surface area contributed by atoms with Gasteiger partial charge in [-0.15, -0.1) is 0 Å². The molecule has 0 aliphatic carbocycles. The zero-order valence-corrected chi connectivity index (χ0v) is 11.1. The highest BCUT2D eigenvalue weighted by molar-refractivity contribution is 7.54. The second-order valence-corrected chi connectivity index (χ2v) is 6.29. The van der Waals surface area contributed by atoms with Crippen LogP contribution in [0.25, 0.3) is 0 Å². The fourth-order valence-corrected chi connectivity index (χ4v) is 2.82. The maximum atomic E-state index is 12.2. The monoisotopic (exact) mass is 275 g/mol. The van der Waals surface area contributed by atoms with Crippen molar-refractivity contribution in [3.8, 4) is 0 Å². The van der Waals surface area contributed by atoms with Crippen molar-refractivity contribution >= 4 is 13.3 Å². The maximum absolute atomic E-state index is 12.2. The molecule has 0 fully saturated rings. The normalized spacial score (nSPS) is 15.1. The van der Waals surface area contributed by atoms with Crippen molar-refractivity contribution in [2.45, 2.75) is 12.3 Å². The first-order valence-corrected chi connectivity index (χ1v) is 6.51. The predicted molar refractivity (Wildman–Crippen MR) is 64.3 cm³/mol. The maximum Gasteiger partial charge on any atom is 0.365 e. The molecule has 1 unspecified atom stereocenters. The standard InChI is InChI=1S/C10H14NO6P/c1-10(12,18(15,16-2)17-3)8-5-4-6-9(7-8)11(13)14/h4-7,12H,1-3H3. The van der Waals surface area contributed by atoms with Crippen LogP contribution in [0.5, 0.6) is 0 Å². The number of aliphatic hydroxyl groups is 1. The van der Waals surface area contributed by atoms with Crippen LogP contribution in [0, 0.1) is 10.1 Å². The fraction of sp³-hybridized carbons (Fsp3) is 0.400. The van der Waals surface area contributed by atoms with Gasteiger partial charge in [-0.1, -0.05) is 12.1 Å². The van der Waals surface area contributed by atoms with E-state index in [1.54, 1.807) is 0 Å². The van der Waals surface area contributed by atoms with Crippen LogP contribution < -0.4 is 0 Å². The molecule has 0 amide bonds. The highest BCUT2D eigenvalue weighted by Crippen LogP contribution is 2.62. The van der Waals surface area contributed by atoms with Gasteiger partial charge >= 0.3 is 7.60 Å². The smallest absolute Gasteiger partial charge is 0.365 e. The lowest BCUT2D eigenvalue weighted by atomic mass is 10.1. The molecule has 1 N–H and O–H groups in total. The molecule has 100 valence electrons. The first-order valence-electron chi connectivity index (χ1n) is 4.97. The Morgan fingerprint density at radius 1 is 1.39 bits per heavy atom. The van der Waals surface area contributed by atoms with Crippen molar-refractivity contribution in [1.82, 2.24) is 0 Å². The molecule has 0 saturated carbocycles. The highest BCUT2D eigenvalue weighted by Gasteiger charge is 2.46. The number of nitro groups is 1. The molecule has 8 heteroatoms. The molecule has 1 aromatic rings. The molecular weight excluding hydrogens is 261 g/mol.